The Labute approximate surface area is 131 Å². The van der Waals surface area contributed by atoms with Crippen molar-refractivity contribution in [2.75, 3.05) is 32.7 Å². The summed E-state index contributed by atoms with van der Waals surface area (Å²) in [5.74, 6) is -0.725. The van der Waals surface area contributed by atoms with Gasteiger partial charge in [0.2, 0.25) is 0 Å². The van der Waals surface area contributed by atoms with Gasteiger partial charge in [0.1, 0.15) is 0 Å². The average Bonchev–Trinajstić information content (AvgIpc) is 2.73. The second-order valence-electron chi connectivity index (χ2n) is 6.82. The lowest BCUT2D eigenvalue weighted by molar-refractivity contribution is -0.138. The predicted molar refractivity (Wildman–Crippen MR) is 87.0 cm³/mol. The number of aliphatic carboxylic acids is 1. The number of nitrogens with zero attached hydrogens (tertiary/aromatic N) is 2. The first-order valence-corrected chi connectivity index (χ1v) is 8.42. The number of thiophene rings is 1. The first-order valence-electron chi connectivity index (χ1n) is 7.60. The van der Waals surface area contributed by atoms with E-state index in [1.165, 1.54) is 9.75 Å². The normalized spacial score (nSPS) is 18.6. The molecule has 0 unspecified atom stereocenters. The van der Waals surface area contributed by atoms with Crippen LogP contribution in [0, 0.1) is 0 Å². The van der Waals surface area contributed by atoms with Gasteiger partial charge in [0, 0.05) is 35.9 Å². The van der Waals surface area contributed by atoms with E-state index in [1.807, 2.05) is 16.2 Å². The second-order valence-corrected chi connectivity index (χ2v) is 7.98. The molecule has 118 valence electrons. The third-order valence-corrected chi connectivity index (χ3v) is 5.32. The van der Waals surface area contributed by atoms with Gasteiger partial charge >= 0.3 is 5.97 Å². The highest BCUT2D eigenvalue weighted by Gasteiger charge is 2.19. The van der Waals surface area contributed by atoms with E-state index in [4.69, 9.17) is 5.11 Å². The molecule has 0 aliphatic carbocycles. The molecule has 0 aromatic carbocycles. The molecule has 1 aromatic heterocycles. The fourth-order valence-electron chi connectivity index (χ4n) is 2.62. The molecule has 2 rings (SSSR count). The van der Waals surface area contributed by atoms with E-state index in [2.05, 4.69) is 37.8 Å². The monoisotopic (exact) mass is 310 g/mol. The molecule has 0 radical (unpaired) electrons. The quantitative estimate of drug-likeness (QED) is 0.928. The molecule has 5 heteroatoms. The van der Waals surface area contributed by atoms with E-state index in [0.717, 1.165) is 39.1 Å². The molecule has 0 amide bonds. The molecule has 0 spiro atoms. The van der Waals surface area contributed by atoms with E-state index in [1.54, 1.807) is 0 Å². The van der Waals surface area contributed by atoms with E-state index >= 15 is 0 Å². The standard InChI is InChI=1S/C16H26N2O2S/c1-16(2,3)14-6-5-13(21-14)11-17-7-4-8-18(10-9-17)12-15(19)20/h5-6H,4,7-12H2,1-3H3,(H,19,20). The van der Waals surface area contributed by atoms with E-state index in [0.29, 0.717) is 0 Å². The van der Waals surface area contributed by atoms with Crippen molar-refractivity contribution >= 4 is 17.3 Å². The van der Waals surface area contributed by atoms with Crippen LogP contribution in [0.1, 0.15) is 36.9 Å². The summed E-state index contributed by atoms with van der Waals surface area (Å²) in [6, 6.07) is 4.49. The second kappa shape index (κ2) is 6.90. The summed E-state index contributed by atoms with van der Waals surface area (Å²) in [4.78, 5) is 18.1. The summed E-state index contributed by atoms with van der Waals surface area (Å²) in [6.07, 6.45) is 1.05. The Kier molecular flexibility index (Phi) is 5.41. The molecule has 0 atom stereocenters. The smallest absolute Gasteiger partial charge is 0.317 e. The number of hydrogen-bond donors (Lipinski definition) is 1. The maximum atomic E-state index is 10.8. The molecule has 1 N–H and O–H groups in total. The van der Waals surface area contributed by atoms with Crippen molar-refractivity contribution in [3.05, 3.63) is 21.9 Å². The van der Waals surface area contributed by atoms with Crippen LogP contribution in [-0.2, 0) is 16.8 Å². The van der Waals surface area contributed by atoms with Crippen LogP contribution in [0.15, 0.2) is 12.1 Å². The molecule has 1 saturated heterocycles. The van der Waals surface area contributed by atoms with Gasteiger partial charge in [0.15, 0.2) is 0 Å². The fourth-order valence-corrected chi connectivity index (χ4v) is 3.73. The lowest BCUT2D eigenvalue weighted by atomic mass is 9.95. The van der Waals surface area contributed by atoms with Crippen molar-refractivity contribution in [1.82, 2.24) is 9.80 Å². The maximum Gasteiger partial charge on any atom is 0.317 e. The van der Waals surface area contributed by atoms with Crippen LogP contribution in [0.25, 0.3) is 0 Å². The highest BCUT2D eigenvalue weighted by molar-refractivity contribution is 7.12. The van der Waals surface area contributed by atoms with Gasteiger partial charge in [-0.2, -0.15) is 0 Å². The highest BCUT2D eigenvalue weighted by atomic mass is 32.1. The number of carbonyl (C=O) groups is 1. The van der Waals surface area contributed by atoms with E-state index < -0.39 is 5.97 Å². The van der Waals surface area contributed by atoms with Gasteiger partial charge < -0.3 is 5.11 Å². The SMILES string of the molecule is CC(C)(C)c1ccc(CN2CCCN(CC(=O)O)CC2)s1. The molecular formula is C16H26N2O2S. The van der Waals surface area contributed by atoms with Gasteiger partial charge in [-0.3, -0.25) is 14.6 Å². The van der Waals surface area contributed by atoms with Gasteiger partial charge in [-0.25, -0.2) is 0 Å². The van der Waals surface area contributed by atoms with E-state index in [-0.39, 0.29) is 12.0 Å². The molecule has 21 heavy (non-hydrogen) atoms. The maximum absolute atomic E-state index is 10.8. The Morgan fingerprint density at radius 1 is 1.19 bits per heavy atom. The zero-order valence-electron chi connectivity index (χ0n) is 13.3. The molecule has 1 aliphatic heterocycles. The minimum Gasteiger partial charge on any atom is -0.480 e. The van der Waals surface area contributed by atoms with Gasteiger partial charge in [0.05, 0.1) is 6.54 Å². The van der Waals surface area contributed by atoms with Gasteiger partial charge in [0.25, 0.3) is 0 Å². The van der Waals surface area contributed by atoms with Crippen LogP contribution >= 0.6 is 11.3 Å². The zero-order valence-corrected chi connectivity index (χ0v) is 14.1. The van der Waals surface area contributed by atoms with Crippen molar-refractivity contribution in [3.63, 3.8) is 0 Å². The van der Waals surface area contributed by atoms with Crippen molar-refractivity contribution in [2.45, 2.75) is 39.2 Å². The molecule has 4 nitrogen and oxygen atoms in total. The fraction of sp³-hybridized carbons (Fsp3) is 0.688. The minimum absolute atomic E-state index is 0.168. The Bertz CT molecular complexity index is 479. The first kappa shape index (κ1) is 16.5. The number of rotatable bonds is 4. The largest absolute Gasteiger partial charge is 0.480 e. The van der Waals surface area contributed by atoms with Crippen molar-refractivity contribution < 1.29 is 9.90 Å². The van der Waals surface area contributed by atoms with Crippen molar-refractivity contribution in [1.29, 1.82) is 0 Å². The number of hydrogen-bond acceptors (Lipinski definition) is 4. The molecule has 0 saturated carbocycles. The van der Waals surface area contributed by atoms with Crippen LogP contribution in [-0.4, -0.2) is 53.6 Å². The number of carboxylic acid groups (broad SMARTS) is 1. The third kappa shape index (κ3) is 5.09. The summed E-state index contributed by atoms with van der Waals surface area (Å²) >= 11 is 1.90. The Morgan fingerprint density at radius 2 is 1.86 bits per heavy atom. The third-order valence-electron chi connectivity index (χ3n) is 3.82. The Morgan fingerprint density at radius 3 is 2.48 bits per heavy atom. The average molecular weight is 310 g/mol. The molecular weight excluding hydrogens is 284 g/mol. The lowest BCUT2D eigenvalue weighted by Crippen LogP contribution is -2.33. The molecule has 1 fully saturated rings. The lowest BCUT2D eigenvalue weighted by Gasteiger charge is -2.20. The summed E-state index contributed by atoms with van der Waals surface area (Å²) in [6.45, 7) is 11.6. The predicted octanol–water partition coefficient (Wildman–Crippen LogP) is 2.64. The zero-order chi connectivity index (χ0) is 15.5. The van der Waals surface area contributed by atoms with Crippen LogP contribution in [0.5, 0.6) is 0 Å². The van der Waals surface area contributed by atoms with Gasteiger partial charge in [-0.15, -0.1) is 11.3 Å². The Balaban J connectivity index is 1.89. The summed E-state index contributed by atoms with van der Waals surface area (Å²) in [5, 5.41) is 8.88. The Hall–Kier alpha value is -0.910. The van der Waals surface area contributed by atoms with Gasteiger partial charge in [-0.1, -0.05) is 20.8 Å². The summed E-state index contributed by atoms with van der Waals surface area (Å²) < 4.78 is 0. The molecule has 2 heterocycles. The summed E-state index contributed by atoms with van der Waals surface area (Å²) in [5.41, 5.74) is 0.222. The van der Waals surface area contributed by atoms with Crippen molar-refractivity contribution in [3.8, 4) is 0 Å². The molecule has 1 aliphatic rings. The van der Waals surface area contributed by atoms with Crippen LogP contribution in [0.3, 0.4) is 0 Å². The highest BCUT2D eigenvalue weighted by Crippen LogP contribution is 2.30. The van der Waals surface area contributed by atoms with Crippen molar-refractivity contribution in [2.24, 2.45) is 0 Å². The van der Waals surface area contributed by atoms with Crippen LogP contribution in [0.4, 0.5) is 0 Å². The van der Waals surface area contributed by atoms with Gasteiger partial charge in [-0.05, 0) is 30.5 Å². The first-order chi connectivity index (χ1) is 9.84. The summed E-state index contributed by atoms with van der Waals surface area (Å²) in [7, 11) is 0. The minimum atomic E-state index is -0.725. The molecule has 0 bridgehead atoms. The number of carboxylic acids is 1. The topological polar surface area (TPSA) is 43.8 Å². The van der Waals surface area contributed by atoms with Crippen LogP contribution in [0.2, 0.25) is 0 Å². The van der Waals surface area contributed by atoms with Crippen LogP contribution < -0.4 is 0 Å². The van der Waals surface area contributed by atoms with E-state index in [9.17, 15) is 4.79 Å². The molecule has 1 aromatic rings.